The molecule has 2 aliphatic rings. The summed E-state index contributed by atoms with van der Waals surface area (Å²) < 4.78 is 40.9. The molecule has 0 bridgehead atoms. The number of nitrogens with zero attached hydrogens (tertiary/aromatic N) is 2. The third-order valence-electron chi connectivity index (χ3n) is 6.70. The zero-order valence-electron chi connectivity index (χ0n) is 20.8. The summed E-state index contributed by atoms with van der Waals surface area (Å²) in [5.74, 6) is -3.42. The minimum absolute atomic E-state index is 0.0518. The second kappa shape index (κ2) is 12.2. The van der Waals surface area contributed by atoms with Crippen molar-refractivity contribution in [1.82, 2.24) is 10.2 Å². The topological polar surface area (TPSA) is 111 Å². The maximum Gasteiger partial charge on any atom is 0.490 e. The average Bonchev–Trinajstić information content (AvgIpc) is 3.27. The number of hydrogen-bond acceptors (Lipinski definition) is 7. The van der Waals surface area contributed by atoms with Crippen LogP contribution in [-0.2, 0) is 14.3 Å². The number of aliphatic hydroxyl groups excluding tert-OH is 1. The lowest BCUT2D eigenvalue weighted by Gasteiger charge is -2.34. The number of benzene rings is 2. The number of aliphatic hydroxyl groups is 1. The molecule has 0 radical (unpaired) electrons. The summed E-state index contributed by atoms with van der Waals surface area (Å²) in [5.41, 5.74) is 1.46. The van der Waals surface area contributed by atoms with Crippen LogP contribution in [-0.4, -0.2) is 84.9 Å². The third kappa shape index (κ3) is 7.40. The smallest absolute Gasteiger partial charge is 0.449 e. The van der Waals surface area contributed by atoms with Crippen LogP contribution in [0.1, 0.15) is 23.2 Å². The van der Waals surface area contributed by atoms with Gasteiger partial charge in [0.1, 0.15) is 0 Å². The Balaban J connectivity index is 1.29. The highest BCUT2D eigenvalue weighted by atomic mass is 35.5. The predicted octanol–water partition coefficient (Wildman–Crippen LogP) is 2.83. The second-order valence-electron chi connectivity index (χ2n) is 9.46. The van der Waals surface area contributed by atoms with Crippen molar-refractivity contribution in [2.75, 3.05) is 43.0 Å². The highest BCUT2D eigenvalue weighted by Crippen LogP contribution is 2.29. The number of halogens is 4. The Morgan fingerprint density at radius 1 is 1.03 bits per heavy atom. The fraction of sp³-hybridized carbons (Fsp3) is 0.423. The number of rotatable bonds is 7. The summed E-state index contributed by atoms with van der Waals surface area (Å²) >= 11 is 5.90. The van der Waals surface area contributed by atoms with E-state index in [9.17, 15) is 32.7 Å². The molecule has 13 heteroatoms. The molecule has 3 N–H and O–H groups in total. The number of carbonyl (C=O) groups is 3. The highest BCUT2D eigenvalue weighted by Gasteiger charge is 2.41. The Bertz CT molecular complexity index is 1190. The van der Waals surface area contributed by atoms with E-state index in [-0.39, 0.29) is 24.5 Å². The average molecular weight is 569 g/mol. The van der Waals surface area contributed by atoms with Gasteiger partial charge < -0.3 is 30.3 Å². The lowest BCUT2D eigenvalue weighted by Crippen LogP contribution is -2.50. The van der Waals surface area contributed by atoms with E-state index in [1.54, 1.807) is 53.4 Å². The quantitative estimate of drug-likeness (QED) is 0.441. The Kier molecular flexibility index (Phi) is 8.98. The molecule has 4 rings (SSSR count). The predicted molar refractivity (Wildman–Crippen MR) is 138 cm³/mol. The van der Waals surface area contributed by atoms with Gasteiger partial charge in [-0.1, -0.05) is 23.7 Å². The van der Waals surface area contributed by atoms with Crippen molar-refractivity contribution in [2.24, 2.45) is 0 Å². The van der Waals surface area contributed by atoms with E-state index in [1.165, 1.54) is 0 Å². The Labute approximate surface area is 227 Å². The van der Waals surface area contributed by atoms with Gasteiger partial charge in [-0.2, -0.15) is 13.2 Å². The van der Waals surface area contributed by atoms with Crippen LogP contribution in [0.5, 0.6) is 0 Å². The van der Waals surface area contributed by atoms with E-state index in [0.29, 0.717) is 54.4 Å². The first-order valence-electron chi connectivity index (χ1n) is 12.4. The molecule has 2 fully saturated rings. The van der Waals surface area contributed by atoms with Gasteiger partial charge in [0.2, 0.25) is 0 Å². The maximum atomic E-state index is 12.8. The van der Waals surface area contributed by atoms with Crippen LogP contribution >= 0.6 is 11.6 Å². The summed E-state index contributed by atoms with van der Waals surface area (Å²) in [5, 5.41) is 17.2. The fourth-order valence-corrected chi connectivity index (χ4v) is 4.85. The summed E-state index contributed by atoms with van der Waals surface area (Å²) in [4.78, 5) is 39.4. The molecule has 0 spiro atoms. The number of anilines is 2. The van der Waals surface area contributed by atoms with Crippen LogP contribution in [0, 0.1) is 0 Å². The number of amides is 2. The Morgan fingerprint density at radius 2 is 1.69 bits per heavy atom. The summed E-state index contributed by atoms with van der Waals surface area (Å²) in [6.07, 6.45) is -4.47. The zero-order valence-corrected chi connectivity index (χ0v) is 21.5. The van der Waals surface area contributed by atoms with E-state index in [2.05, 4.69) is 15.4 Å². The number of nitrogens with one attached hydrogen (secondary N) is 2. The number of ether oxygens (including phenoxy) is 1. The number of likely N-dealkylation sites (tertiary alicyclic amines) is 1. The molecule has 2 atom stereocenters. The van der Waals surface area contributed by atoms with Gasteiger partial charge in [-0.05, 0) is 49.2 Å². The summed E-state index contributed by atoms with van der Waals surface area (Å²) in [6, 6.07) is 13.2. The van der Waals surface area contributed by atoms with Crippen LogP contribution in [0.2, 0.25) is 5.02 Å². The first-order chi connectivity index (χ1) is 18.5. The number of carbonyl (C=O) groups excluding carboxylic acids is 3. The molecule has 2 aromatic rings. The van der Waals surface area contributed by atoms with Crippen molar-refractivity contribution in [3.05, 3.63) is 59.1 Å². The lowest BCUT2D eigenvalue weighted by molar-refractivity contribution is -0.199. The molecule has 2 amide bonds. The molecule has 2 aliphatic heterocycles. The molecule has 9 nitrogen and oxygen atoms in total. The second-order valence-corrected chi connectivity index (χ2v) is 9.89. The highest BCUT2D eigenvalue weighted by molar-refractivity contribution is 6.30. The molecular weight excluding hydrogens is 541 g/mol. The Hall–Kier alpha value is -3.35. The van der Waals surface area contributed by atoms with E-state index in [1.807, 2.05) is 4.90 Å². The molecule has 2 saturated heterocycles. The monoisotopic (exact) mass is 568 g/mol. The van der Waals surface area contributed by atoms with Crippen molar-refractivity contribution in [3.63, 3.8) is 0 Å². The number of hydrogen-bond donors (Lipinski definition) is 3. The number of esters is 1. The van der Waals surface area contributed by atoms with Gasteiger partial charge in [0.15, 0.2) is 6.61 Å². The third-order valence-corrected chi connectivity index (χ3v) is 6.95. The van der Waals surface area contributed by atoms with Gasteiger partial charge in [-0.15, -0.1) is 0 Å². The molecule has 2 unspecified atom stereocenters. The van der Waals surface area contributed by atoms with E-state index >= 15 is 0 Å². The van der Waals surface area contributed by atoms with Crippen LogP contribution < -0.4 is 15.5 Å². The molecule has 2 aromatic carbocycles. The molecule has 39 heavy (non-hydrogen) atoms. The number of para-hydroxylation sites is 2. The van der Waals surface area contributed by atoms with Crippen molar-refractivity contribution in [1.29, 1.82) is 0 Å². The normalized spacial score (nSPS) is 20.1. The van der Waals surface area contributed by atoms with E-state index in [4.69, 9.17) is 11.6 Å². The van der Waals surface area contributed by atoms with Gasteiger partial charge in [0, 0.05) is 42.8 Å². The first-order valence-corrected chi connectivity index (χ1v) is 12.8. The van der Waals surface area contributed by atoms with Gasteiger partial charge in [-0.3, -0.25) is 9.59 Å². The van der Waals surface area contributed by atoms with E-state index < -0.39 is 30.8 Å². The fourth-order valence-electron chi connectivity index (χ4n) is 4.73. The van der Waals surface area contributed by atoms with Gasteiger partial charge >= 0.3 is 12.1 Å². The van der Waals surface area contributed by atoms with Crippen molar-refractivity contribution in [2.45, 2.75) is 37.2 Å². The van der Waals surface area contributed by atoms with Crippen LogP contribution in [0.3, 0.4) is 0 Å². The summed E-state index contributed by atoms with van der Waals surface area (Å²) in [7, 11) is 0. The van der Waals surface area contributed by atoms with Crippen molar-refractivity contribution < 1.29 is 37.4 Å². The molecule has 0 aromatic heterocycles. The number of piperidine rings is 1. The van der Waals surface area contributed by atoms with E-state index in [0.717, 1.165) is 0 Å². The van der Waals surface area contributed by atoms with Crippen LogP contribution in [0.4, 0.5) is 24.5 Å². The number of β-amino-alcohol motifs (C(OH)–C–C–N with tert-alkyl or cyclic N) is 1. The lowest BCUT2D eigenvalue weighted by atomic mass is 10.0. The van der Waals surface area contributed by atoms with Crippen molar-refractivity contribution >= 4 is 40.8 Å². The molecule has 2 heterocycles. The maximum absolute atomic E-state index is 12.8. The minimum Gasteiger partial charge on any atom is -0.449 e. The van der Waals surface area contributed by atoms with Gasteiger partial charge in [0.05, 0.1) is 23.5 Å². The van der Waals surface area contributed by atoms with Gasteiger partial charge in [0.25, 0.3) is 11.8 Å². The number of alkyl halides is 3. The standard InChI is InChI=1S/C26H28ClF3N4O5/c27-17-7-5-16(6-8-17)24(37)33-11-9-18(10-12-33)31-20-13-34(14-22(20)35)21-4-2-1-3-19(21)32-23(36)15-39-25(38)26(28,29)30/h1-8,18,20,22,31,35H,9-15H2,(H,32,36). The minimum atomic E-state index is -5.19. The molecular formula is C26H28ClF3N4O5. The molecule has 0 aliphatic carbocycles. The largest absolute Gasteiger partial charge is 0.490 e. The zero-order chi connectivity index (χ0) is 28.2. The van der Waals surface area contributed by atoms with Crippen molar-refractivity contribution in [3.8, 4) is 0 Å². The first kappa shape index (κ1) is 28.7. The van der Waals surface area contributed by atoms with Gasteiger partial charge in [-0.25, -0.2) is 4.79 Å². The SMILES string of the molecule is O=C(COC(=O)C(F)(F)F)Nc1ccccc1N1CC(O)C(NC2CCN(C(=O)c3ccc(Cl)cc3)CC2)C1. The molecule has 210 valence electrons. The molecule has 0 saturated carbocycles. The van der Waals surface area contributed by atoms with Crippen LogP contribution in [0.25, 0.3) is 0 Å². The van der Waals surface area contributed by atoms with Crippen LogP contribution in [0.15, 0.2) is 48.5 Å². The summed E-state index contributed by atoms with van der Waals surface area (Å²) in [6.45, 7) is 0.736. The Morgan fingerprint density at radius 3 is 2.36 bits per heavy atom.